The number of aromatic amines is 1. The number of aromatic nitrogens is 4. The van der Waals surface area contributed by atoms with Gasteiger partial charge in [0, 0.05) is 7.05 Å². The first kappa shape index (κ1) is 19.8. The van der Waals surface area contributed by atoms with Gasteiger partial charge >= 0.3 is 0 Å². The highest BCUT2D eigenvalue weighted by Crippen LogP contribution is 2.21. The van der Waals surface area contributed by atoms with Gasteiger partial charge in [0.2, 0.25) is 5.91 Å². The van der Waals surface area contributed by atoms with Crippen LogP contribution in [-0.4, -0.2) is 31.0 Å². The van der Waals surface area contributed by atoms with E-state index < -0.39 is 0 Å². The Kier molecular flexibility index (Phi) is 5.58. The molecule has 0 aliphatic rings. The minimum Gasteiger partial charge on any atom is -0.333 e. The third-order valence-electron chi connectivity index (χ3n) is 4.80. The van der Waals surface area contributed by atoms with Crippen molar-refractivity contribution in [2.45, 2.75) is 12.1 Å². The molecule has 7 nitrogen and oxygen atoms in total. The first-order chi connectivity index (χ1) is 14.5. The van der Waals surface area contributed by atoms with Gasteiger partial charge in [-0.05, 0) is 24.6 Å². The standard InChI is InChI=1S/C22H21N5O2S/c1-15-20(21(29)27(26(15)2)17-11-7-4-8-12-17)25-19(28)14-30-22-23-13-18(24-22)16-9-5-3-6-10-16/h3-13H,14H2,1-2H3,(H,23,24)(H,25,28). The number of imidazole rings is 1. The summed E-state index contributed by atoms with van der Waals surface area (Å²) in [7, 11) is 1.79. The Hall–Kier alpha value is -3.52. The van der Waals surface area contributed by atoms with E-state index in [9.17, 15) is 9.59 Å². The van der Waals surface area contributed by atoms with E-state index in [0.29, 0.717) is 10.9 Å². The van der Waals surface area contributed by atoms with Crippen LogP contribution in [0.25, 0.3) is 16.9 Å². The Balaban J connectivity index is 1.45. The van der Waals surface area contributed by atoms with Crippen molar-refractivity contribution in [3.63, 3.8) is 0 Å². The molecule has 2 N–H and O–H groups in total. The molecule has 0 unspecified atom stereocenters. The van der Waals surface area contributed by atoms with Crippen molar-refractivity contribution < 1.29 is 4.79 Å². The molecule has 0 fully saturated rings. The van der Waals surface area contributed by atoms with E-state index in [0.717, 1.165) is 16.9 Å². The zero-order valence-electron chi connectivity index (χ0n) is 16.6. The summed E-state index contributed by atoms with van der Waals surface area (Å²) in [4.78, 5) is 32.9. The average Bonchev–Trinajstić information content (AvgIpc) is 3.33. The van der Waals surface area contributed by atoms with Crippen LogP contribution in [0.4, 0.5) is 5.69 Å². The molecule has 0 atom stereocenters. The molecule has 30 heavy (non-hydrogen) atoms. The lowest BCUT2D eigenvalue weighted by Crippen LogP contribution is -2.23. The van der Waals surface area contributed by atoms with E-state index >= 15 is 0 Å². The molecule has 0 aliphatic carbocycles. The summed E-state index contributed by atoms with van der Waals surface area (Å²) in [5.41, 5.74) is 3.38. The average molecular weight is 420 g/mol. The smallest absolute Gasteiger partial charge is 0.295 e. The van der Waals surface area contributed by atoms with E-state index in [1.807, 2.05) is 67.6 Å². The number of hydrogen-bond acceptors (Lipinski definition) is 4. The zero-order valence-corrected chi connectivity index (χ0v) is 17.4. The molecule has 0 saturated carbocycles. The van der Waals surface area contributed by atoms with Gasteiger partial charge in [0.05, 0.1) is 29.0 Å². The summed E-state index contributed by atoms with van der Waals surface area (Å²) < 4.78 is 3.27. The number of H-pyrrole nitrogens is 1. The molecule has 0 spiro atoms. The normalized spacial score (nSPS) is 10.9. The predicted octanol–water partition coefficient (Wildman–Crippen LogP) is 3.61. The van der Waals surface area contributed by atoms with Crippen LogP contribution in [0.1, 0.15) is 5.69 Å². The fourth-order valence-electron chi connectivity index (χ4n) is 3.16. The molecule has 2 aromatic carbocycles. The number of thioether (sulfide) groups is 1. The van der Waals surface area contributed by atoms with Gasteiger partial charge in [-0.25, -0.2) is 9.67 Å². The molecule has 0 saturated heterocycles. The topological polar surface area (TPSA) is 84.7 Å². The van der Waals surface area contributed by atoms with Crippen LogP contribution in [-0.2, 0) is 11.8 Å². The predicted molar refractivity (Wildman–Crippen MR) is 119 cm³/mol. The molecule has 8 heteroatoms. The fraction of sp³-hybridized carbons (Fsp3) is 0.136. The van der Waals surface area contributed by atoms with Crippen LogP contribution in [0.2, 0.25) is 0 Å². The monoisotopic (exact) mass is 419 g/mol. The van der Waals surface area contributed by atoms with Gasteiger partial charge in [-0.1, -0.05) is 60.3 Å². The maximum absolute atomic E-state index is 12.9. The van der Waals surface area contributed by atoms with Crippen molar-refractivity contribution >= 4 is 23.4 Å². The third-order valence-corrected chi connectivity index (χ3v) is 5.68. The molecule has 0 bridgehead atoms. The largest absolute Gasteiger partial charge is 0.333 e. The van der Waals surface area contributed by atoms with Crippen molar-refractivity contribution in [3.8, 4) is 16.9 Å². The van der Waals surface area contributed by atoms with Crippen molar-refractivity contribution in [1.82, 2.24) is 19.3 Å². The Labute approximate surface area is 177 Å². The Morgan fingerprint density at radius 1 is 1.10 bits per heavy atom. The van der Waals surface area contributed by atoms with Gasteiger partial charge in [0.25, 0.3) is 5.56 Å². The summed E-state index contributed by atoms with van der Waals surface area (Å²) in [6.45, 7) is 1.81. The molecular weight excluding hydrogens is 398 g/mol. The third kappa shape index (κ3) is 3.95. The van der Waals surface area contributed by atoms with Crippen LogP contribution in [0, 0.1) is 6.92 Å². The van der Waals surface area contributed by atoms with E-state index in [1.165, 1.54) is 16.4 Å². The van der Waals surface area contributed by atoms with Crippen LogP contribution >= 0.6 is 11.8 Å². The van der Waals surface area contributed by atoms with Gasteiger partial charge in [-0.15, -0.1) is 0 Å². The number of nitrogens with zero attached hydrogens (tertiary/aromatic N) is 3. The van der Waals surface area contributed by atoms with Crippen molar-refractivity contribution in [2.24, 2.45) is 7.05 Å². The second kappa shape index (κ2) is 8.46. The number of carbonyl (C=O) groups is 1. The molecule has 2 aromatic heterocycles. The molecule has 0 aliphatic heterocycles. The number of benzene rings is 2. The molecule has 0 radical (unpaired) electrons. The number of hydrogen-bond donors (Lipinski definition) is 2. The first-order valence-corrected chi connectivity index (χ1v) is 10.4. The van der Waals surface area contributed by atoms with Crippen molar-refractivity contribution in [1.29, 1.82) is 0 Å². The molecule has 4 rings (SSSR count). The number of carbonyl (C=O) groups excluding carboxylic acids is 1. The summed E-state index contributed by atoms with van der Waals surface area (Å²) in [5, 5.41) is 3.41. The number of rotatable bonds is 6. The van der Waals surface area contributed by atoms with Gasteiger partial charge in [0.15, 0.2) is 5.16 Å². The molecule has 152 valence electrons. The maximum atomic E-state index is 12.9. The minimum atomic E-state index is -0.260. The number of nitrogens with one attached hydrogen (secondary N) is 2. The van der Waals surface area contributed by atoms with E-state index in [4.69, 9.17) is 0 Å². The van der Waals surface area contributed by atoms with E-state index in [1.54, 1.807) is 17.9 Å². The highest BCUT2D eigenvalue weighted by molar-refractivity contribution is 7.99. The van der Waals surface area contributed by atoms with Crippen molar-refractivity contribution in [3.05, 3.63) is 82.9 Å². The number of para-hydroxylation sites is 1. The van der Waals surface area contributed by atoms with Gasteiger partial charge in [0.1, 0.15) is 5.69 Å². The van der Waals surface area contributed by atoms with Gasteiger partial charge in [-0.2, -0.15) is 0 Å². The first-order valence-electron chi connectivity index (χ1n) is 9.41. The maximum Gasteiger partial charge on any atom is 0.295 e. The minimum absolute atomic E-state index is 0.140. The lowest BCUT2D eigenvalue weighted by Gasteiger charge is -2.07. The summed E-state index contributed by atoms with van der Waals surface area (Å²) in [6, 6.07) is 19.2. The van der Waals surface area contributed by atoms with Gasteiger partial charge in [-0.3, -0.25) is 14.3 Å². The van der Waals surface area contributed by atoms with E-state index in [2.05, 4.69) is 15.3 Å². The fourth-order valence-corrected chi connectivity index (χ4v) is 3.81. The lowest BCUT2D eigenvalue weighted by molar-refractivity contribution is -0.113. The van der Waals surface area contributed by atoms with E-state index in [-0.39, 0.29) is 22.9 Å². The molecule has 4 aromatic rings. The Morgan fingerprint density at radius 2 is 1.77 bits per heavy atom. The SMILES string of the molecule is Cc1c(NC(=O)CSc2ncc(-c3ccccc3)[nH]2)c(=O)n(-c2ccccc2)n1C. The summed E-state index contributed by atoms with van der Waals surface area (Å²) in [6.07, 6.45) is 1.75. The second-order valence-corrected chi connectivity index (χ2v) is 7.71. The van der Waals surface area contributed by atoms with Crippen LogP contribution < -0.4 is 10.9 Å². The second-order valence-electron chi connectivity index (χ2n) is 6.74. The van der Waals surface area contributed by atoms with Gasteiger partial charge < -0.3 is 10.3 Å². The highest BCUT2D eigenvalue weighted by atomic mass is 32.2. The summed E-state index contributed by atoms with van der Waals surface area (Å²) in [5.74, 6) is -0.121. The number of amides is 1. The lowest BCUT2D eigenvalue weighted by atomic mass is 10.2. The van der Waals surface area contributed by atoms with Crippen LogP contribution in [0.3, 0.4) is 0 Å². The molecule has 1 amide bonds. The van der Waals surface area contributed by atoms with Crippen LogP contribution in [0.5, 0.6) is 0 Å². The Morgan fingerprint density at radius 3 is 2.47 bits per heavy atom. The molecular formula is C22H21N5O2S. The highest BCUT2D eigenvalue weighted by Gasteiger charge is 2.18. The Bertz CT molecular complexity index is 1230. The van der Waals surface area contributed by atoms with Crippen LogP contribution in [0.15, 0.2) is 76.8 Å². The molecule has 2 heterocycles. The quantitative estimate of drug-likeness (QED) is 0.468. The summed E-state index contributed by atoms with van der Waals surface area (Å²) >= 11 is 1.29. The van der Waals surface area contributed by atoms with Crippen molar-refractivity contribution in [2.75, 3.05) is 11.1 Å². The number of anilines is 1. The zero-order chi connectivity index (χ0) is 21.1.